The number of likely N-dealkylation sites (tertiary alicyclic amines) is 1. The van der Waals surface area contributed by atoms with E-state index in [9.17, 15) is 19.1 Å². The van der Waals surface area contributed by atoms with E-state index in [0.29, 0.717) is 16.9 Å². The molecule has 2 aromatic carbocycles. The summed E-state index contributed by atoms with van der Waals surface area (Å²) in [6.45, 7) is 4.09. The van der Waals surface area contributed by atoms with Crippen LogP contribution in [-0.4, -0.2) is 33.8 Å². The number of ether oxygens (including phenoxy) is 1. The Labute approximate surface area is 197 Å². The number of aliphatic hydroxyl groups is 1. The molecule has 0 spiro atoms. The van der Waals surface area contributed by atoms with Gasteiger partial charge in [0.15, 0.2) is 0 Å². The fraction of sp³-hybridized carbons (Fsp3) is 0.222. The molecule has 1 fully saturated rings. The molecule has 174 valence electrons. The molecule has 34 heavy (non-hydrogen) atoms. The summed E-state index contributed by atoms with van der Waals surface area (Å²) in [4.78, 5) is 31.7. The number of methoxy groups -OCH3 is 1. The average Bonchev–Trinajstić information content (AvgIpc) is 3.09. The van der Waals surface area contributed by atoms with Crippen molar-refractivity contribution in [1.82, 2.24) is 9.88 Å². The molecule has 6 nitrogen and oxygen atoms in total. The van der Waals surface area contributed by atoms with Crippen molar-refractivity contribution < 1.29 is 23.8 Å². The standard InChI is InChI=1S/C27H25FN2O4/c1-16(2)21-13-19(8-11-22(21)34-3)25(31)23-24(18-6-9-20(28)10-7-18)30(27(33)26(23)32)15-17-5-4-12-29-14-17/h4-14,16,24,31H,15H2,1-3H3/b25-23-. The molecule has 1 N–H and O–H groups in total. The Kier molecular flexibility index (Phi) is 6.45. The second-order valence-corrected chi connectivity index (χ2v) is 8.45. The van der Waals surface area contributed by atoms with Crippen molar-refractivity contribution >= 4 is 17.4 Å². The van der Waals surface area contributed by atoms with Crippen molar-refractivity contribution in [2.75, 3.05) is 7.11 Å². The molecule has 7 heteroatoms. The Hall–Kier alpha value is -4.00. The predicted molar refractivity (Wildman–Crippen MR) is 126 cm³/mol. The molecule has 0 radical (unpaired) electrons. The summed E-state index contributed by atoms with van der Waals surface area (Å²) >= 11 is 0. The topological polar surface area (TPSA) is 79.7 Å². The van der Waals surface area contributed by atoms with E-state index < -0.39 is 23.5 Å². The first-order valence-electron chi connectivity index (χ1n) is 10.9. The largest absolute Gasteiger partial charge is 0.507 e. The number of carbonyl (C=O) groups is 2. The van der Waals surface area contributed by atoms with E-state index >= 15 is 0 Å². The van der Waals surface area contributed by atoms with Gasteiger partial charge in [-0.3, -0.25) is 14.6 Å². The summed E-state index contributed by atoms with van der Waals surface area (Å²) in [6.07, 6.45) is 3.23. The van der Waals surface area contributed by atoms with Gasteiger partial charge in [-0.1, -0.05) is 32.0 Å². The monoisotopic (exact) mass is 460 g/mol. The molecule has 1 aliphatic rings. The predicted octanol–water partition coefficient (Wildman–Crippen LogP) is 4.97. The van der Waals surface area contributed by atoms with Gasteiger partial charge in [-0.05, 0) is 59.0 Å². The van der Waals surface area contributed by atoms with Gasteiger partial charge in [0.05, 0.1) is 18.7 Å². The van der Waals surface area contributed by atoms with Crippen LogP contribution in [0.3, 0.4) is 0 Å². The van der Waals surface area contributed by atoms with Crippen molar-refractivity contribution in [2.45, 2.75) is 32.4 Å². The highest BCUT2D eigenvalue weighted by Gasteiger charge is 2.46. The second-order valence-electron chi connectivity index (χ2n) is 8.45. The summed E-state index contributed by atoms with van der Waals surface area (Å²) in [7, 11) is 1.57. The Bertz CT molecular complexity index is 1250. The zero-order valence-electron chi connectivity index (χ0n) is 19.2. The van der Waals surface area contributed by atoms with Gasteiger partial charge in [-0.25, -0.2) is 4.39 Å². The van der Waals surface area contributed by atoms with Crippen LogP contribution < -0.4 is 4.74 Å². The van der Waals surface area contributed by atoms with Gasteiger partial charge in [0.1, 0.15) is 17.3 Å². The van der Waals surface area contributed by atoms with Crippen molar-refractivity contribution in [2.24, 2.45) is 0 Å². The number of Topliss-reactive ketones (excluding diaryl/α,β-unsaturated/α-hetero) is 1. The Balaban J connectivity index is 1.87. The normalized spacial score (nSPS) is 17.4. The summed E-state index contributed by atoms with van der Waals surface area (Å²) in [5, 5.41) is 11.3. The minimum Gasteiger partial charge on any atom is -0.507 e. The van der Waals surface area contributed by atoms with Crippen molar-refractivity contribution in [3.8, 4) is 5.75 Å². The van der Waals surface area contributed by atoms with Gasteiger partial charge in [0, 0.05) is 24.5 Å². The van der Waals surface area contributed by atoms with Crippen LogP contribution in [0.2, 0.25) is 0 Å². The zero-order valence-corrected chi connectivity index (χ0v) is 19.2. The van der Waals surface area contributed by atoms with Gasteiger partial charge in [0.25, 0.3) is 11.7 Å². The second kappa shape index (κ2) is 9.47. The Morgan fingerprint density at radius 3 is 2.50 bits per heavy atom. The average molecular weight is 461 g/mol. The Morgan fingerprint density at radius 2 is 1.88 bits per heavy atom. The van der Waals surface area contributed by atoms with Gasteiger partial charge in [-0.2, -0.15) is 0 Å². The van der Waals surface area contributed by atoms with E-state index in [1.807, 2.05) is 13.8 Å². The third-order valence-electron chi connectivity index (χ3n) is 5.93. The highest BCUT2D eigenvalue weighted by molar-refractivity contribution is 6.46. The van der Waals surface area contributed by atoms with E-state index in [2.05, 4.69) is 4.98 Å². The number of hydrogen-bond donors (Lipinski definition) is 1. The van der Waals surface area contributed by atoms with Crippen LogP contribution in [0.1, 0.15) is 48.1 Å². The quantitative estimate of drug-likeness (QED) is 0.319. The SMILES string of the molecule is COc1ccc(/C(O)=C2/C(=O)C(=O)N(Cc3cccnc3)C2c2ccc(F)cc2)cc1C(C)C. The van der Waals surface area contributed by atoms with Crippen LogP contribution in [0, 0.1) is 5.82 Å². The van der Waals surface area contributed by atoms with Gasteiger partial charge < -0.3 is 14.7 Å². The molecule has 0 saturated carbocycles. The molecule has 0 aliphatic carbocycles. The van der Waals surface area contributed by atoms with Crippen LogP contribution in [-0.2, 0) is 16.1 Å². The lowest BCUT2D eigenvalue weighted by Gasteiger charge is -2.25. The highest BCUT2D eigenvalue weighted by Crippen LogP contribution is 2.41. The zero-order chi connectivity index (χ0) is 24.4. The molecule has 4 rings (SSSR count). The van der Waals surface area contributed by atoms with Crippen LogP contribution in [0.5, 0.6) is 5.75 Å². The van der Waals surface area contributed by atoms with E-state index in [-0.39, 0.29) is 23.8 Å². The van der Waals surface area contributed by atoms with Gasteiger partial charge >= 0.3 is 0 Å². The number of rotatable bonds is 6. The number of nitrogens with zero attached hydrogens (tertiary/aromatic N) is 2. The van der Waals surface area contributed by atoms with Crippen LogP contribution in [0.15, 0.2) is 72.6 Å². The summed E-state index contributed by atoms with van der Waals surface area (Å²) in [6, 6.07) is 13.4. The van der Waals surface area contributed by atoms with Crippen LogP contribution in [0.4, 0.5) is 4.39 Å². The fourth-order valence-corrected chi connectivity index (χ4v) is 4.21. The first-order valence-corrected chi connectivity index (χ1v) is 10.9. The Morgan fingerprint density at radius 1 is 1.15 bits per heavy atom. The molecular weight excluding hydrogens is 435 g/mol. The van der Waals surface area contributed by atoms with E-state index in [1.165, 1.54) is 29.2 Å². The first kappa shape index (κ1) is 23.2. The molecule has 1 aliphatic heterocycles. The maximum Gasteiger partial charge on any atom is 0.295 e. The lowest BCUT2D eigenvalue weighted by Crippen LogP contribution is -2.29. The number of aromatic nitrogens is 1. The maximum atomic E-state index is 13.7. The number of halogens is 1. The lowest BCUT2D eigenvalue weighted by atomic mass is 9.93. The number of carbonyl (C=O) groups excluding carboxylic acids is 2. The van der Waals surface area contributed by atoms with E-state index in [4.69, 9.17) is 4.74 Å². The minimum absolute atomic E-state index is 0.0413. The van der Waals surface area contributed by atoms with Crippen molar-refractivity contribution in [3.05, 3.63) is 101 Å². The number of hydrogen-bond acceptors (Lipinski definition) is 5. The molecule has 1 aromatic heterocycles. The summed E-state index contributed by atoms with van der Waals surface area (Å²) in [5.41, 5.74) is 2.46. The number of pyridine rings is 1. The summed E-state index contributed by atoms with van der Waals surface area (Å²) in [5.74, 6) is -1.49. The smallest absolute Gasteiger partial charge is 0.295 e. The third kappa shape index (κ3) is 4.29. The molecule has 2 heterocycles. The number of ketones is 1. The first-order chi connectivity index (χ1) is 16.3. The number of benzene rings is 2. The van der Waals surface area contributed by atoms with Crippen molar-refractivity contribution in [1.29, 1.82) is 0 Å². The van der Waals surface area contributed by atoms with E-state index in [1.54, 1.807) is 49.8 Å². The molecule has 1 amide bonds. The molecule has 3 aromatic rings. The third-order valence-corrected chi connectivity index (χ3v) is 5.93. The van der Waals surface area contributed by atoms with Gasteiger partial charge in [-0.15, -0.1) is 0 Å². The van der Waals surface area contributed by atoms with Crippen molar-refractivity contribution in [3.63, 3.8) is 0 Å². The molecule has 1 unspecified atom stereocenters. The van der Waals surface area contributed by atoms with E-state index in [0.717, 1.165) is 11.1 Å². The molecule has 1 atom stereocenters. The minimum atomic E-state index is -0.884. The molecular formula is C27H25FN2O4. The highest BCUT2D eigenvalue weighted by atomic mass is 19.1. The summed E-state index contributed by atoms with van der Waals surface area (Å²) < 4.78 is 19.1. The lowest BCUT2D eigenvalue weighted by molar-refractivity contribution is -0.140. The van der Waals surface area contributed by atoms with Crippen LogP contribution in [0.25, 0.3) is 5.76 Å². The maximum absolute atomic E-state index is 13.7. The fourth-order valence-electron chi connectivity index (χ4n) is 4.21. The molecule has 0 bridgehead atoms. The molecule has 1 saturated heterocycles. The van der Waals surface area contributed by atoms with Crippen LogP contribution >= 0.6 is 0 Å². The number of aliphatic hydroxyl groups excluding tert-OH is 1. The number of amides is 1. The van der Waals surface area contributed by atoms with Gasteiger partial charge in [0.2, 0.25) is 0 Å².